The number of thioether (sulfide) groups is 1. The van der Waals surface area contributed by atoms with Crippen LogP contribution in [0.25, 0.3) is 0 Å². The summed E-state index contributed by atoms with van der Waals surface area (Å²) in [5, 5.41) is 0.794. The normalized spacial score (nSPS) is 19.2. The Morgan fingerprint density at radius 2 is 2.08 bits per heavy atom. The molecular formula is C19H17ClN2OS. The summed E-state index contributed by atoms with van der Waals surface area (Å²) in [6, 6.07) is 14.6. The summed E-state index contributed by atoms with van der Waals surface area (Å²) in [5.41, 5.74) is 3.90. The molecule has 1 aliphatic heterocycles. The highest BCUT2D eigenvalue weighted by Gasteiger charge is 2.41. The van der Waals surface area contributed by atoms with E-state index in [0.717, 1.165) is 23.1 Å². The quantitative estimate of drug-likeness (QED) is 0.675. The minimum atomic E-state index is -0.146. The summed E-state index contributed by atoms with van der Waals surface area (Å²) < 4.78 is 7.31. The molecule has 1 atom stereocenters. The van der Waals surface area contributed by atoms with Gasteiger partial charge in [0, 0.05) is 29.7 Å². The lowest BCUT2D eigenvalue weighted by Crippen LogP contribution is -2.27. The largest absolute Gasteiger partial charge is 0.497 e. The molecule has 2 heterocycles. The second-order valence-corrected chi connectivity index (χ2v) is 7.59. The van der Waals surface area contributed by atoms with Crippen molar-refractivity contribution < 1.29 is 4.74 Å². The molecule has 1 aromatic heterocycles. The van der Waals surface area contributed by atoms with Crippen LogP contribution in [-0.4, -0.2) is 16.7 Å². The zero-order chi connectivity index (χ0) is 16.6. The molecule has 5 heteroatoms. The maximum atomic E-state index is 6.20. The molecule has 2 aromatic carbocycles. The van der Waals surface area contributed by atoms with Gasteiger partial charge in [0.1, 0.15) is 5.75 Å². The van der Waals surface area contributed by atoms with Crippen molar-refractivity contribution in [3.05, 3.63) is 82.9 Å². The van der Waals surface area contributed by atoms with Gasteiger partial charge in [-0.25, -0.2) is 4.98 Å². The van der Waals surface area contributed by atoms with Crippen molar-refractivity contribution in [2.45, 2.75) is 17.0 Å². The van der Waals surface area contributed by atoms with Gasteiger partial charge in [-0.05, 0) is 41.0 Å². The van der Waals surface area contributed by atoms with Crippen LogP contribution in [0.2, 0.25) is 5.02 Å². The first-order valence-corrected chi connectivity index (χ1v) is 9.11. The van der Waals surface area contributed by atoms with Gasteiger partial charge in [0.15, 0.2) is 0 Å². The van der Waals surface area contributed by atoms with E-state index in [1.54, 1.807) is 7.11 Å². The Labute approximate surface area is 150 Å². The third-order valence-corrected chi connectivity index (χ3v) is 6.27. The highest BCUT2D eigenvalue weighted by atomic mass is 35.5. The number of hydrogen-bond donors (Lipinski definition) is 0. The fraction of sp³-hybridized carbons (Fsp3) is 0.211. The molecule has 0 N–H and O–H groups in total. The van der Waals surface area contributed by atoms with Gasteiger partial charge in [-0.3, -0.25) is 0 Å². The van der Waals surface area contributed by atoms with Crippen LogP contribution in [0.3, 0.4) is 0 Å². The number of methoxy groups -OCH3 is 1. The van der Waals surface area contributed by atoms with E-state index in [1.165, 1.54) is 16.7 Å². The summed E-state index contributed by atoms with van der Waals surface area (Å²) in [4.78, 5) is 4.20. The Morgan fingerprint density at radius 1 is 1.25 bits per heavy atom. The van der Waals surface area contributed by atoms with Gasteiger partial charge >= 0.3 is 0 Å². The molecule has 122 valence electrons. The molecule has 0 saturated heterocycles. The summed E-state index contributed by atoms with van der Waals surface area (Å²) in [5.74, 6) is 1.83. The number of benzene rings is 2. The lowest BCUT2D eigenvalue weighted by atomic mass is 9.87. The Bertz CT molecular complexity index is 848. The van der Waals surface area contributed by atoms with E-state index in [0.29, 0.717) is 0 Å². The molecule has 0 fully saturated rings. The van der Waals surface area contributed by atoms with Crippen molar-refractivity contribution in [1.29, 1.82) is 0 Å². The summed E-state index contributed by atoms with van der Waals surface area (Å²) in [6.45, 7) is 0.832. The number of halogens is 1. The van der Waals surface area contributed by atoms with E-state index in [9.17, 15) is 0 Å². The first kappa shape index (κ1) is 15.6. The molecule has 3 aromatic rings. The number of nitrogens with zero attached hydrogens (tertiary/aromatic N) is 2. The summed E-state index contributed by atoms with van der Waals surface area (Å²) in [6.07, 6.45) is 5.71. The second kappa shape index (κ2) is 6.19. The van der Waals surface area contributed by atoms with Gasteiger partial charge in [0.2, 0.25) is 0 Å². The fourth-order valence-corrected chi connectivity index (χ4v) is 5.05. The number of imidazole rings is 1. The van der Waals surface area contributed by atoms with Crippen LogP contribution >= 0.6 is 23.4 Å². The molecular weight excluding hydrogens is 340 g/mol. The number of rotatable bonds is 4. The third-order valence-electron chi connectivity index (χ3n) is 4.50. The van der Waals surface area contributed by atoms with Crippen molar-refractivity contribution in [1.82, 2.24) is 9.55 Å². The standard InChI is InChI=1S/C19H17ClN2OS/c1-23-17-5-2-15(3-6-17)19(12-22-9-8-21-13-22)18-7-4-16(20)10-14(18)11-24-19/h2-10,13H,11-12H2,1H3. The predicted octanol–water partition coefficient (Wildman–Crippen LogP) is 4.74. The number of hydrogen-bond acceptors (Lipinski definition) is 3. The van der Waals surface area contributed by atoms with Crippen LogP contribution in [0, 0.1) is 0 Å². The average molecular weight is 357 g/mol. The topological polar surface area (TPSA) is 27.1 Å². The van der Waals surface area contributed by atoms with E-state index in [1.807, 2.05) is 48.7 Å². The van der Waals surface area contributed by atoms with Crippen molar-refractivity contribution in [2.24, 2.45) is 0 Å². The van der Waals surface area contributed by atoms with Crippen LogP contribution < -0.4 is 4.74 Å². The van der Waals surface area contributed by atoms with Crippen LogP contribution in [0.5, 0.6) is 5.75 Å². The lowest BCUT2D eigenvalue weighted by Gasteiger charge is -2.31. The highest BCUT2D eigenvalue weighted by Crippen LogP contribution is 2.53. The van der Waals surface area contributed by atoms with Gasteiger partial charge in [0.05, 0.1) is 18.2 Å². The monoisotopic (exact) mass is 356 g/mol. The van der Waals surface area contributed by atoms with Gasteiger partial charge in [-0.1, -0.05) is 29.8 Å². The molecule has 0 saturated carbocycles. The second-order valence-electron chi connectivity index (χ2n) is 5.88. The molecule has 0 amide bonds. The zero-order valence-electron chi connectivity index (χ0n) is 13.3. The van der Waals surface area contributed by atoms with Crippen molar-refractivity contribution in [3.8, 4) is 5.75 Å². The average Bonchev–Trinajstić information content (AvgIpc) is 3.24. The fourth-order valence-electron chi connectivity index (χ4n) is 3.31. The van der Waals surface area contributed by atoms with Crippen LogP contribution in [0.15, 0.2) is 61.2 Å². The first-order valence-electron chi connectivity index (χ1n) is 7.74. The number of fused-ring (bicyclic) bond motifs is 1. The van der Waals surface area contributed by atoms with E-state index >= 15 is 0 Å². The van der Waals surface area contributed by atoms with Gasteiger partial charge in [0.25, 0.3) is 0 Å². The molecule has 1 unspecified atom stereocenters. The minimum absolute atomic E-state index is 0.146. The van der Waals surface area contributed by atoms with Gasteiger partial charge in [-0.2, -0.15) is 0 Å². The minimum Gasteiger partial charge on any atom is -0.497 e. The molecule has 0 spiro atoms. The zero-order valence-corrected chi connectivity index (χ0v) is 14.8. The third kappa shape index (κ3) is 2.60. The molecule has 0 bridgehead atoms. The molecule has 3 nitrogen and oxygen atoms in total. The molecule has 0 radical (unpaired) electrons. The van der Waals surface area contributed by atoms with Gasteiger partial charge in [-0.15, -0.1) is 11.8 Å². The van der Waals surface area contributed by atoms with Crippen LogP contribution in [-0.2, 0) is 17.0 Å². The first-order chi connectivity index (χ1) is 11.7. The van der Waals surface area contributed by atoms with E-state index < -0.39 is 0 Å². The van der Waals surface area contributed by atoms with E-state index in [2.05, 4.69) is 33.8 Å². The lowest BCUT2D eigenvalue weighted by molar-refractivity contribution is 0.414. The Balaban J connectivity index is 1.85. The maximum absolute atomic E-state index is 6.20. The Hall–Kier alpha value is -1.91. The molecule has 4 rings (SSSR count). The highest BCUT2D eigenvalue weighted by molar-refractivity contribution is 8.00. The molecule has 1 aliphatic rings. The Morgan fingerprint density at radius 3 is 2.79 bits per heavy atom. The number of aromatic nitrogens is 2. The van der Waals surface area contributed by atoms with Gasteiger partial charge < -0.3 is 9.30 Å². The van der Waals surface area contributed by atoms with Crippen LogP contribution in [0.4, 0.5) is 0 Å². The van der Waals surface area contributed by atoms with E-state index in [4.69, 9.17) is 16.3 Å². The van der Waals surface area contributed by atoms with Crippen molar-refractivity contribution in [2.75, 3.05) is 7.11 Å². The predicted molar refractivity (Wildman–Crippen MR) is 98.7 cm³/mol. The molecule has 0 aliphatic carbocycles. The van der Waals surface area contributed by atoms with Crippen molar-refractivity contribution >= 4 is 23.4 Å². The maximum Gasteiger partial charge on any atom is 0.118 e. The number of ether oxygens (including phenoxy) is 1. The Kier molecular flexibility index (Phi) is 4.02. The molecule has 24 heavy (non-hydrogen) atoms. The smallest absolute Gasteiger partial charge is 0.118 e. The summed E-state index contributed by atoms with van der Waals surface area (Å²) in [7, 11) is 1.69. The van der Waals surface area contributed by atoms with Crippen molar-refractivity contribution in [3.63, 3.8) is 0 Å². The van der Waals surface area contributed by atoms with Crippen LogP contribution in [0.1, 0.15) is 16.7 Å². The summed E-state index contributed by atoms with van der Waals surface area (Å²) >= 11 is 8.15. The SMILES string of the molecule is COc1ccc(C2(Cn3ccnc3)SCc3cc(Cl)ccc32)cc1. The van der Waals surface area contributed by atoms with E-state index in [-0.39, 0.29) is 4.75 Å².